The number of amides is 1. The highest BCUT2D eigenvalue weighted by Gasteiger charge is 2.20. The van der Waals surface area contributed by atoms with Crippen molar-refractivity contribution in [1.29, 1.82) is 0 Å². The molecule has 0 heterocycles. The smallest absolute Gasteiger partial charge is 0.412 e. The predicted octanol–water partition coefficient (Wildman–Crippen LogP) is 3.31. The highest BCUT2D eigenvalue weighted by Crippen LogP contribution is 2.32. The quantitative estimate of drug-likeness (QED) is 0.859. The van der Waals surface area contributed by atoms with Crippen molar-refractivity contribution >= 4 is 21.8 Å². The summed E-state index contributed by atoms with van der Waals surface area (Å²) in [6.45, 7) is 5.37. The number of anilines is 1. The monoisotopic (exact) mass is 363 g/mol. The number of nitrogens with one attached hydrogen (secondary N) is 2. The Morgan fingerprint density at radius 1 is 1.28 bits per heavy atom. The minimum atomic E-state index is -3.38. The van der Waals surface area contributed by atoms with Crippen LogP contribution in [0.2, 0.25) is 0 Å². The average molecular weight is 363 g/mol. The molecule has 135 valence electrons. The molecule has 1 amide bonds. The maximum atomic E-state index is 11.9. The molecule has 1 aliphatic rings. The molecule has 0 bridgehead atoms. The molecular formula is C18H23N2O4S. The third-order valence-electron chi connectivity index (χ3n) is 3.29. The second-order valence-corrected chi connectivity index (χ2v) is 8.61. The summed E-state index contributed by atoms with van der Waals surface area (Å²) in [4.78, 5) is 11.9. The minimum Gasteiger partial charge on any atom is -0.444 e. The summed E-state index contributed by atoms with van der Waals surface area (Å²) in [6, 6.07) is 7.19. The molecule has 7 heteroatoms. The van der Waals surface area contributed by atoms with Gasteiger partial charge in [-0.15, -0.1) is 0 Å². The lowest BCUT2D eigenvalue weighted by Crippen LogP contribution is -2.32. The van der Waals surface area contributed by atoms with Gasteiger partial charge in [0.25, 0.3) is 0 Å². The van der Waals surface area contributed by atoms with Crippen molar-refractivity contribution in [3.05, 3.63) is 53.8 Å². The molecule has 2 N–H and O–H groups in total. The van der Waals surface area contributed by atoms with Gasteiger partial charge in [-0.2, -0.15) is 0 Å². The molecule has 0 saturated heterocycles. The van der Waals surface area contributed by atoms with E-state index in [4.69, 9.17) is 4.74 Å². The van der Waals surface area contributed by atoms with Crippen molar-refractivity contribution in [2.45, 2.75) is 38.7 Å². The van der Waals surface area contributed by atoms with E-state index in [1.54, 1.807) is 32.9 Å². The van der Waals surface area contributed by atoms with Gasteiger partial charge in [-0.3, -0.25) is 10.0 Å². The molecule has 0 saturated carbocycles. The summed E-state index contributed by atoms with van der Waals surface area (Å²) in [5.74, 6) is -0.0864. The molecule has 1 aromatic carbocycles. The van der Waals surface area contributed by atoms with E-state index in [2.05, 4.69) is 16.1 Å². The molecular weight excluding hydrogens is 340 g/mol. The van der Waals surface area contributed by atoms with Gasteiger partial charge in [0, 0.05) is 17.7 Å². The average Bonchev–Trinajstić information content (AvgIpc) is 2.44. The lowest BCUT2D eigenvalue weighted by molar-refractivity contribution is 0.0547. The Labute approximate surface area is 149 Å². The lowest BCUT2D eigenvalue weighted by atomic mass is 9.90. The highest BCUT2D eigenvalue weighted by molar-refractivity contribution is 7.92. The number of para-hydroxylation sites is 1. The number of alkyl carbamates (subject to hydrolysis) is 1. The Morgan fingerprint density at radius 2 is 1.96 bits per heavy atom. The van der Waals surface area contributed by atoms with Gasteiger partial charge in [0.05, 0.1) is 11.9 Å². The Balaban J connectivity index is 2.20. The number of sulfonamides is 1. The zero-order valence-electron chi connectivity index (χ0n) is 14.8. The Hall–Kier alpha value is -2.28. The summed E-state index contributed by atoms with van der Waals surface area (Å²) in [5, 5.41) is 2.66. The number of rotatable bonds is 4. The van der Waals surface area contributed by atoms with Crippen molar-refractivity contribution in [3.8, 4) is 0 Å². The van der Waals surface area contributed by atoms with Crippen LogP contribution in [0.5, 0.6) is 0 Å². The summed E-state index contributed by atoms with van der Waals surface area (Å²) in [6.07, 6.45) is 7.86. The van der Waals surface area contributed by atoms with E-state index >= 15 is 0 Å². The van der Waals surface area contributed by atoms with Crippen LogP contribution in [0.25, 0.3) is 0 Å². The maximum absolute atomic E-state index is 11.9. The van der Waals surface area contributed by atoms with Gasteiger partial charge in [0.2, 0.25) is 10.0 Å². The Morgan fingerprint density at radius 3 is 2.60 bits per heavy atom. The van der Waals surface area contributed by atoms with Gasteiger partial charge in [-0.05, 0) is 38.8 Å². The minimum absolute atomic E-state index is 0.0864. The summed E-state index contributed by atoms with van der Waals surface area (Å²) < 4.78 is 30.9. The standard InChI is InChI=1S/C18H23N2O4S/c1-18(2,3)24-17(21)19-14-9-7-8-13(12-14)15-10-5-6-11-16(15)20-25(4,22)23/h5-7,10-13,20H,8H2,1-4H3,(H,19,21). The zero-order valence-corrected chi connectivity index (χ0v) is 15.6. The van der Waals surface area contributed by atoms with Gasteiger partial charge in [0.1, 0.15) is 5.60 Å². The Kier molecular flexibility index (Phi) is 5.57. The highest BCUT2D eigenvalue weighted by atomic mass is 32.2. The molecule has 2 rings (SSSR count). The van der Waals surface area contributed by atoms with Crippen LogP contribution in [0.3, 0.4) is 0 Å². The summed E-state index contributed by atoms with van der Waals surface area (Å²) in [7, 11) is -3.38. The van der Waals surface area contributed by atoms with E-state index in [9.17, 15) is 13.2 Å². The van der Waals surface area contributed by atoms with Gasteiger partial charge in [-0.25, -0.2) is 13.2 Å². The maximum Gasteiger partial charge on any atom is 0.412 e. The topological polar surface area (TPSA) is 84.5 Å². The number of carbonyl (C=O) groups excluding carboxylic acids is 1. The second-order valence-electron chi connectivity index (χ2n) is 6.86. The van der Waals surface area contributed by atoms with Crippen molar-refractivity contribution in [1.82, 2.24) is 5.32 Å². The first kappa shape index (κ1) is 19.1. The number of hydrogen-bond acceptors (Lipinski definition) is 4. The number of benzene rings is 1. The third-order valence-corrected chi connectivity index (χ3v) is 3.88. The SMILES string of the molecule is CC(C)(C)OC(=O)NC1=CC(c2ccccc2NS(C)(=O)=O)CC=[C]1. The zero-order chi connectivity index (χ0) is 18.7. The van der Waals surface area contributed by atoms with Crippen LogP contribution in [0.4, 0.5) is 10.5 Å². The molecule has 0 aromatic heterocycles. The second kappa shape index (κ2) is 7.31. The number of carbonyl (C=O) groups is 1. The van der Waals surface area contributed by atoms with Crippen molar-refractivity contribution < 1.29 is 17.9 Å². The molecule has 1 aliphatic carbocycles. The first-order chi connectivity index (χ1) is 11.5. The number of ether oxygens (including phenoxy) is 1. The molecule has 1 unspecified atom stereocenters. The summed E-state index contributed by atoms with van der Waals surface area (Å²) >= 11 is 0. The predicted molar refractivity (Wildman–Crippen MR) is 97.5 cm³/mol. The van der Waals surface area contributed by atoms with Gasteiger partial charge < -0.3 is 4.74 Å². The molecule has 1 aromatic rings. The van der Waals surface area contributed by atoms with Gasteiger partial charge in [0.15, 0.2) is 0 Å². The van der Waals surface area contributed by atoms with Crippen LogP contribution in [0, 0.1) is 6.08 Å². The van der Waals surface area contributed by atoms with Crippen LogP contribution < -0.4 is 10.0 Å². The third kappa shape index (κ3) is 6.26. The lowest BCUT2D eigenvalue weighted by Gasteiger charge is -2.22. The van der Waals surface area contributed by atoms with Crippen LogP contribution in [0.15, 0.2) is 42.1 Å². The van der Waals surface area contributed by atoms with Crippen molar-refractivity contribution in [2.24, 2.45) is 0 Å². The molecule has 25 heavy (non-hydrogen) atoms. The molecule has 0 fully saturated rings. The van der Waals surface area contributed by atoms with Crippen LogP contribution in [0.1, 0.15) is 38.7 Å². The molecule has 0 aliphatic heterocycles. The normalized spacial score (nSPS) is 17.6. The van der Waals surface area contributed by atoms with Crippen LogP contribution in [-0.2, 0) is 14.8 Å². The number of allylic oxidation sites excluding steroid dienone is 3. The first-order valence-corrected chi connectivity index (χ1v) is 9.79. The van der Waals surface area contributed by atoms with E-state index < -0.39 is 21.7 Å². The molecule has 6 nitrogen and oxygen atoms in total. The van der Waals surface area contributed by atoms with Crippen LogP contribution >= 0.6 is 0 Å². The van der Waals surface area contributed by atoms with E-state index in [0.29, 0.717) is 17.8 Å². The molecule has 0 spiro atoms. The fourth-order valence-corrected chi connectivity index (χ4v) is 3.02. The molecule has 1 radical (unpaired) electrons. The van der Waals surface area contributed by atoms with Crippen LogP contribution in [-0.4, -0.2) is 26.4 Å². The largest absolute Gasteiger partial charge is 0.444 e. The van der Waals surface area contributed by atoms with Crippen molar-refractivity contribution in [2.75, 3.05) is 11.0 Å². The number of hydrogen-bond donors (Lipinski definition) is 2. The van der Waals surface area contributed by atoms with Gasteiger partial charge >= 0.3 is 6.09 Å². The van der Waals surface area contributed by atoms with Gasteiger partial charge in [-0.1, -0.05) is 30.4 Å². The first-order valence-electron chi connectivity index (χ1n) is 7.90. The summed E-state index contributed by atoms with van der Waals surface area (Å²) in [5.41, 5.74) is 1.26. The fourth-order valence-electron chi connectivity index (χ4n) is 2.43. The molecule has 1 atom stereocenters. The fraction of sp³-hybridized carbons (Fsp3) is 0.389. The van der Waals surface area contributed by atoms with Crippen molar-refractivity contribution in [3.63, 3.8) is 0 Å². The van der Waals surface area contributed by atoms with E-state index in [0.717, 1.165) is 11.8 Å². The van der Waals surface area contributed by atoms with E-state index in [1.807, 2.05) is 24.3 Å². The van der Waals surface area contributed by atoms with E-state index in [1.165, 1.54) is 0 Å². The van der Waals surface area contributed by atoms with E-state index in [-0.39, 0.29) is 5.92 Å². The Bertz CT molecular complexity index is 805.